The van der Waals surface area contributed by atoms with Crippen molar-refractivity contribution < 1.29 is 18.7 Å². The van der Waals surface area contributed by atoms with Crippen LogP contribution in [-0.2, 0) is 14.3 Å². The number of anilines is 2. The van der Waals surface area contributed by atoms with Gasteiger partial charge in [0, 0.05) is 17.9 Å². The van der Waals surface area contributed by atoms with Crippen molar-refractivity contribution in [1.82, 2.24) is 4.98 Å². The van der Waals surface area contributed by atoms with E-state index in [1.165, 1.54) is 47.4 Å². The number of rotatable bonds is 4. The fourth-order valence-corrected chi connectivity index (χ4v) is 3.88. The molecule has 0 radical (unpaired) electrons. The first-order valence-corrected chi connectivity index (χ1v) is 10.3. The van der Waals surface area contributed by atoms with Crippen molar-refractivity contribution in [2.45, 2.75) is 20.8 Å². The van der Waals surface area contributed by atoms with Gasteiger partial charge in [0.25, 0.3) is 0 Å². The number of ether oxygens (including phenoxy) is 1. The van der Waals surface area contributed by atoms with E-state index in [9.17, 15) is 14.0 Å². The quantitative estimate of drug-likeness (QED) is 0.430. The van der Waals surface area contributed by atoms with Crippen LogP contribution in [0.4, 0.5) is 15.2 Å². The molecule has 3 aromatic rings. The molecule has 1 aromatic heterocycles. The van der Waals surface area contributed by atoms with Gasteiger partial charge in [0.2, 0.25) is 11.8 Å². The number of hydrogen-bond donors (Lipinski definition) is 0. The Bertz CT molecular complexity index is 1260. The van der Waals surface area contributed by atoms with E-state index >= 15 is 0 Å². The molecule has 0 N–H and O–H groups in total. The summed E-state index contributed by atoms with van der Waals surface area (Å²) in [6.07, 6.45) is 1.48. The van der Waals surface area contributed by atoms with Crippen molar-refractivity contribution in [1.29, 1.82) is 0 Å². The van der Waals surface area contributed by atoms with Crippen LogP contribution in [0.25, 0.3) is 6.08 Å². The van der Waals surface area contributed by atoms with Crippen LogP contribution in [0.2, 0.25) is 0 Å². The van der Waals surface area contributed by atoms with Crippen molar-refractivity contribution in [2.24, 2.45) is 4.99 Å². The maximum atomic E-state index is 13.4. The monoisotopic (exact) mass is 435 g/mol. The highest BCUT2D eigenvalue weighted by Crippen LogP contribution is 2.31. The van der Waals surface area contributed by atoms with Gasteiger partial charge in [-0.1, -0.05) is 12.1 Å². The van der Waals surface area contributed by atoms with Crippen molar-refractivity contribution in [3.05, 3.63) is 81.7 Å². The lowest BCUT2D eigenvalue weighted by Crippen LogP contribution is -2.22. The van der Waals surface area contributed by atoms with Crippen molar-refractivity contribution in [3.8, 4) is 0 Å². The smallest absolute Gasteiger partial charge is 0.363 e. The number of carbonyl (C=O) groups excluding carboxylic acids is 2. The third kappa shape index (κ3) is 4.29. The van der Waals surface area contributed by atoms with Crippen molar-refractivity contribution in [3.63, 3.8) is 0 Å². The highest BCUT2D eigenvalue weighted by atomic mass is 32.1. The molecule has 31 heavy (non-hydrogen) atoms. The summed E-state index contributed by atoms with van der Waals surface area (Å²) in [5.74, 6) is -1.24. The summed E-state index contributed by atoms with van der Waals surface area (Å²) >= 11 is 1.27. The van der Waals surface area contributed by atoms with Crippen LogP contribution in [0.3, 0.4) is 0 Å². The van der Waals surface area contributed by atoms with Crippen LogP contribution in [0.15, 0.2) is 58.5 Å². The summed E-state index contributed by atoms with van der Waals surface area (Å²) in [7, 11) is 0. The largest absolute Gasteiger partial charge is 0.402 e. The minimum Gasteiger partial charge on any atom is -0.402 e. The van der Waals surface area contributed by atoms with E-state index in [0.717, 1.165) is 16.8 Å². The van der Waals surface area contributed by atoms with Gasteiger partial charge in [-0.15, -0.1) is 11.3 Å². The standard InChI is InChI=1S/C23H18FN3O3S/c1-13-7-8-19(9-14(13)2)27(15(3)28)23-25-18(12-31-23)11-20-22(29)30-21(26-20)16-5-4-6-17(24)10-16/h4-12H,1-3H3/b20-11-. The van der Waals surface area contributed by atoms with Gasteiger partial charge >= 0.3 is 5.97 Å². The van der Waals surface area contributed by atoms with E-state index in [1.54, 1.807) is 11.4 Å². The van der Waals surface area contributed by atoms with Crippen LogP contribution >= 0.6 is 11.3 Å². The Morgan fingerprint density at radius 3 is 2.68 bits per heavy atom. The molecule has 4 rings (SSSR count). The first-order chi connectivity index (χ1) is 14.8. The zero-order chi connectivity index (χ0) is 22.1. The van der Waals surface area contributed by atoms with Crippen molar-refractivity contribution >= 4 is 46.0 Å². The number of amides is 1. The highest BCUT2D eigenvalue weighted by Gasteiger charge is 2.25. The van der Waals surface area contributed by atoms with Gasteiger partial charge in [-0.25, -0.2) is 19.2 Å². The topological polar surface area (TPSA) is 71.9 Å². The van der Waals surface area contributed by atoms with Gasteiger partial charge in [-0.3, -0.25) is 9.69 Å². The number of aromatic nitrogens is 1. The summed E-state index contributed by atoms with van der Waals surface area (Å²) in [5, 5.41) is 2.20. The lowest BCUT2D eigenvalue weighted by molar-refractivity contribution is -0.130. The first kappa shape index (κ1) is 20.6. The molecule has 156 valence electrons. The minimum atomic E-state index is -0.647. The number of nitrogens with zero attached hydrogens (tertiary/aromatic N) is 3. The predicted octanol–water partition coefficient (Wildman–Crippen LogP) is 4.93. The lowest BCUT2D eigenvalue weighted by atomic mass is 10.1. The van der Waals surface area contributed by atoms with E-state index in [-0.39, 0.29) is 17.5 Å². The molecule has 8 heteroatoms. The summed E-state index contributed by atoms with van der Waals surface area (Å²) in [6.45, 7) is 5.46. The molecule has 2 aromatic carbocycles. The van der Waals surface area contributed by atoms with Crippen LogP contribution in [0, 0.1) is 19.7 Å². The zero-order valence-corrected chi connectivity index (χ0v) is 17.9. The molecular formula is C23H18FN3O3S. The second kappa shape index (κ2) is 8.23. The fourth-order valence-electron chi connectivity index (χ4n) is 3.03. The molecule has 0 fully saturated rings. The summed E-state index contributed by atoms with van der Waals surface area (Å²) in [5.41, 5.74) is 3.80. The van der Waals surface area contributed by atoms with Gasteiger partial charge < -0.3 is 4.74 Å². The third-order valence-corrected chi connectivity index (χ3v) is 5.59. The van der Waals surface area contributed by atoms with Crippen LogP contribution in [0.1, 0.15) is 29.3 Å². The molecule has 0 saturated carbocycles. The van der Waals surface area contributed by atoms with Gasteiger partial charge in [-0.05, 0) is 61.4 Å². The minimum absolute atomic E-state index is 0.0340. The van der Waals surface area contributed by atoms with E-state index in [2.05, 4.69) is 9.98 Å². The SMILES string of the molecule is CC(=O)N(c1ccc(C)c(C)c1)c1nc(/C=C2\N=C(c3cccc(F)c3)OC2=O)cs1. The average molecular weight is 435 g/mol. The molecule has 2 heterocycles. The Balaban J connectivity index is 1.64. The molecule has 0 saturated heterocycles. The molecule has 0 atom stereocenters. The number of cyclic esters (lactones) is 1. The number of aryl methyl sites for hydroxylation is 2. The Kier molecular flexibility index (Phi) is 5.48. The number of benzene rings is 2. The Labute approximate surface area is 182 Å². The fraction of sp³-hybridized carbons (Fsp3) is 0.130. The van der Waals surface area contributed by atoms with Gasteiger partial charge in [0.05, 0.1) is 11.4 Å². The second-order valence-electron chi connectivity index (χ2n) is 7.02. The molecule has 1 aliphatic rings. The third-order valence-electron chi connectivity index (χ3n) is 4.74. The lowest BCUT2D eigenvalue weighted by Gasteiger charge is -2.19. The van der Waals surface area contributed by atoms with E-state index in [1.807, 2.05) is 32.0 Å². The number of halogens is 1. The predicted molar refractivity (Wildman–Crippen MR) is 118 cm³/mol. The summed E-state index contributed by atoms with van der Waals surface area (Å²) in [6, 6.07) is 11.4. The average Bonchev–Trinajstić information content (AvgIpc) is 3.32. The van der Waals surface area contributed by atoms with E-state index in [0.29, 0.717) is 16.4 Å². The molecule has 1 amide bonds. The Hall–Kier alpha value is -3.65. The normalized spacial score (nSPS) is 14.5. The summed E-state index contributed by atoms with van der Waals surface area (Å²) in [4.78, 5) is 34.7. The van der Waals surface area contributed by atoms with E-state index in [4.69, 9.17) is 4.74 Å². The molecule has 6 nitrogen and oxygen atoms in total. The molecule has 1 aliphatic heterocycles. The van der Waals surface area contributed by atoms with Crippen molar-refractivity contribution in [2.75, 3.05) is 4.90 Å². The number of esters is 1. The van der Waals surface area contributed by atoms with Crippen LogP contribution < -0.4 is 4.90 Å². The Morgan fingerprint density at radius 1 is 1.16 bits per heavy atom. The van der Waals surface area contributed by atoms with E-state index < -0.39 is 11.8 Å². The first-order valence-electron chi connectivity index (χ1n) is 9.44. The molecule has 0 spiro atoms. The molecular weight excluding hydrogens is 417 g/mol. The number of hydrogen-bond acceptors (Lipinski definition) is 6. The zero-order valence-electron chi connectivity index (χ0n) is 17.0. The maximum Gasteiger partial charge on any atom is 0.363 e. The van der Waals surface area contributed by atoms with Gasteiger partial charge in [-0.2, -0.15) is 0 Å². The van der Waals surface area contributed by atoms with Gasteiger partial charge in [0.15, 0.2) is 10.8 Å². The van der Waals surface area contributed by atoms with Gasteiger partial charge in [0.1, 0.15) is 5.82 Å². The van der Waals surface area contributed by atoms with Crippen LogP contribution in [-0.4, -0.2) is 22.8 Å². The Morgan fingerprint density at radius 2 is 1.97 bits per heavy atom. The van der Waals surface area contributed by atoms with Crippen LogP contribution in [0.5, 0.6) is 0 Å². The summed E-state index contributed by atoms with van der Waals surface area (Å²) < 4.78 is 18.6. The maximum absolute atomic E-state index is 13.4. The number of carbonyl (C=O) groups is 2. The molecule has 0 unspecified atom stereocenters. The highest BCUT2D eigenvalue weighted by molar-refractivity contribution is 7.14. The number of aliphatic imine (C=N–C) groups is 1. The number of thiazole rings is 1. The molecule has 0 aliphatic carbocycles. The second-order valence-corrected chi connectivity index (χ2v) is 7.86. The molecule has 0 bridgehead atoms.